The Labute approximate surface area is 175 Å². The number of amides is 1. The number of benzene rings is 3. The molecule has 0 aliphatic heterocycles. The lowest BCUT2D eigenvalue weighted by molar-refractivity contribution is -0.384. The number of hydrogen-bond donors (Lipinski definition) is 1. The van der Waals surface area contributed by atoms with Crippen molar-refractivity contribution in [3.8, 4) is 5.75 Å². The smallest absolute Gasteiger partial charge is 0.271 e. The minimum atomic E-state index is -0.522. The monoisotopic (exact) mass is 453 g/mol. The van der Waals surface area contributed by atoms with E-state index in [0.29, 0.717) is 6.61 Å². The first-order valence-corrected chi connectivity index (χ1v) is 9.36. The highest BCUT2D eigenvalue weighted by molar-refractivity contribution is 9.10. The van der Waals surface area contributed by atoms with Crippen molar-refractivity contribution in [3.05, 3.63) is 104 Å². The molecule has 3 aromatic rings. The van der Waals surface area contributed by atoms with E-state index < -0.39 is 10.8 Å². The van der Waals surface area contributed by atoms with Gasteiger partial charge in [-0.1, -0.05) is 28.1 Å². The first-order valence-electron chi connectivity index (χ1n) is 8.56. The number of nitro groups is 1. The summed E-state index contributed by atoms with van der Waals surface area (Å²) in [5.74, 6) is 0.269. The van der Waals surface area contributed by atoms with Crippen LogP contribution in [0.2, 0.25) is 0 Å². The fraction of sp³-hybridized carbons (Fsp3) is 0.0476. The summed E-state index contributed by atoms with van der Waals surface area (Å²) in [6.45, 7) is 0.464. The van der Waals surface area contributed by atoms with Gasteiger partial charge in [0.15, 0.2) is 0 Å². The first kappa shape index (κ1) is 20.2. The first-order chi connectivity index (χ1) is 14.0. The molecule has 0 aliphatic carbocycles. The van der Waals surface area contributed by atoms with E-state index in [0.717, 1.165) is 21.3 Å². The third-order valence-corrected chi connectivity index (χ3v) is 4.45. The van der Waals surface area contributed by atoms with Crippen molar-refractivity contribution in [2.24, 2.45) is 5.10 Å². The van der Waals surface area contributed by atoms with Gasteiger partial charge in [0.05, 0.1) is 11.1 Å². The van der Waals surface area contributed by atoms with Gasteiger partial charge in [-0.25, -0.2) is 5.43 Å². The fourth-order valence-corrected chi connectivity index (χ4v) is 2.63. The van der Waals surface area contributed by atoms with Gasteiger partial charge >= 0.3 is 0 Å². The van der Waals surface area contributed by atoms with Crippen molar-refractivity contribution in [1.82, 2.24) is 5.43 Å². The molecule has 0 heterocycles. The van der Waals surface area contributed by atoms with E-state index in [-0.39, 0.29) is 11.3 Å². The highest BCUT2D eigenvalue weighted by Crippen LogP contribution is 2.16. The molecule has 3 aromatic carbocycles. The zero-order valence-electron chi connectivity index (χ0n) is 15.1. The molecule has 29 heavy (non-hydrogen) atoms. The molecular formula is C21H16BrN3O4. The number of carbonyl (C=O) groups excluding carboxylic acids is 1. The number of nitrogens with zero attached hydrogens (tertiary/aromatic N) is 2. The zero-order chi connectivity index (χ0) is 20.6. The van der Waals surface area contributed by atoms with Gasteiger partial charge in [-0.3, -0.25) is 14.9 Å². The van der Waals surface area contributed by atoms with E-state index in [2.05, 4.69) is 26.5 Å². The van der Waals surface area contributed by atoms with Gasteiger partial charge in [0.2, 0.25) is 0 Å². The molecule has 0 atom stereocenters. The number of rotatable bonds is 7. The molecule has 0 spiro atoms. The second-order valence-electron chi connectivity index (χ2n) is 5.99. The number of carbonyl (C=O) groups is 1. The minimum absolute atomic E-state index is 0.0764. The van der Waals surface area contributed by atoms with E-state index in [1.165, 1.54) is 30.5 Å². The third kappa shape index (κ3) is 5.98. The predicted molar refractivity (Wildman–Crippen MR) is 113 cm³/mol. The van der Waals surface area contributed by atoms with Gasteiger partial charge in [0, 0.05) is 22.2 Å². The molecular weight excluding hydrogens is 438 g/mol. The average Bonchev–Trinajstić information content (AvgIpc) is 2.74. The maximum absolute atomic E-state index is 12.0. The Balaban J connectivity index is 1.50. The second-order valence-corrected chi connectivity index (χ2v) is 6.90. The summed E-state index contributed by atoms with van der Waals surface area (Å²) < 4.78 is 6.76. The SMILES string of the molecule is O=C(N/N=C\c1ccc(OCc2ccc(Br)cc2)cc1)c1ccc([N+](=O)[O-])cc1. The van der Waals surface area contributed by atoms with E-state index in [9.17, 15) is 14.9 Å². The highest BCUT2D eigenvalue weighted by Gasteiger charge is 2.08. The number of ether oxygens (including phenoxy) is 1. The van der Waals surface area contributed by atoms with Crippen molar-refractivity contribution < 1.29 is 14.5 Å². The maximum atomic E-state index is 12.0. The molecule has 0 fully saturated rings. The van der Waals surface area contributed by atoms with Crippen molar-refractivity contribution >= 4 is 33.7 Å². The lowest BCUT2D eigenvalue weighted by Gasteiger charge is -2.06. The highest BCUT2D eigenvalue weighted by atomic mass is 79.9. The number of hydrogen-bond acceptors (Lipinski definition) is 5. The number of nitro benzene ring substituents is 1. The summed E-state index contributed by atoms with van der Waals surface area (Å²) in [6, 6.07) is 20.5. The Morgan fingerprint density at radius 1 is 1.03 bits per heavy atom. The molecule has 0 aliphatic rings. The Morgan fingerprint density at radius 2 is 1.69 bits per heavy atom. The zero-order valence-corrected chi connectivity index (χ0v) is 16.7. The van der Waals surface area contributed by atoms with Gasteiger partial charge in [-0.15, -0.1) is 0 Å². The Hall–Kier alpha value is -3.52. The van der Waals surface area contributed by atoms with Crippen LogP contribution in [0.1, 0.15) is 21.5 Å². The van der Waals surface area contributed by atoms with Gasteiger partial charge in [-0.2, -0.15) is 5.10 Å². The summed E-state index contributed by atoms with van der Waals surface area (Å²) in [6.07, 6.45) is 1.50. The largest absolute Gasteiger partial charge is 0.489 e. The molecule has 0 saturated carbocycles. The van der Waals surface area contributed by atoms with Crippen LogP contribution in [0.4, 0.5) is 5.69 Å². The summed E-state index contributed by atoms with van der Waals surface area (Å²) in [4.78, 5) is 22.1. The standard InChI is InChI=1S/C21H16BrN3O4/c22-18-7-1-16(2-8-18)14-29-20-11-3-15(4-12-20)13-23-24-21(26)17-5-9-19(10-6-17)25(27)28/h1-13H,14H2,(H,24,26)/b23-13-. The number of non-ortho nitro benzene ring substituents is 1. The second kappa shape index (κ2) is 9.61. The number of halogens is 1. The van der Waals surface area contributed by atoms with Crippen LogP contribution >= 0.6 is 15.9 Å². The van der Waals surface area contributed by atoms with Crippen molar-refractivity contribution in [2.45, 2.75) is 6.61 Å². The van der Waals surface area contributed by atoms with Crippen LogP contribution in [0.15, 0.2) is 82.4 Å². The molecule has 8 heteroatoms. The van der Waals surface area contributed by atoms with Crippen LogP contribution in [0, 0.1) is 10.1 Å². The van der Waals surface area contributed by atoms with Gasteiger partial charge in [0.25, 0.3) is 11.6 Å². The fourth-order valence-electron chi connectivity index (χ4n) is 2.36. The molecule has 7 nitrogen and oxygen atoms in total. The number of nitrogens with one attached hydrogen (secondary N) is 1. The van der Waals surface area contributed by atoms with E-state index in [1.807, 2.05) is 48.5 Å². The molecule has 1 amide bonds. The van der Waals surface area contributed by atoms with E-state index in [4.69, 9.17) is 4.74 Å². The molecule has 0 unspecified atom stereocenters. The Kier molecular flexibility index (Phi) is 6.70. The van der Waals surface area contributed by atoms with Crippen LogP contribution in [0.5, 0.6) is 5.75 Å². The van der Waals surface area contributed by atoms with Crippen LogP contribution in [0.3, 0.4) is 0 Å². The quantitative estimate of drug-likeness (QED) is 0.318. The lowest BCUT2D eigenvalue weighted by atomic mass is 10.2. The van der Waals surface area contributed by atoms with Crippen LogP contribution in [-0.2, 0) is 6.61 Å². The normalized spacial score (nSPS) is 10.7. The third-order valence-electron chi connectivity index (χ3n) is 3.92. The minimum Gasteiger partial charge on any atom is -0.489 e. The Bertz CT molecular complexity index is 1020. The van der Waals surface area contributed by atoms with Crippen molar-refractivity contribution in [1.29, 1.82) is 0 Å². The number of hydrazone groups is 1. The Morgan fingerprint density at radius 3 is 2.31 bits per heavy atom. The summed E-state index contributed by atoms with van der Waals surface area (Å²) >= 11 is 3.40. The summed E-state index contributed by atoms with van der Waals surface area (Å²) in [5, 5.41) is 14.5. The summed E-state index contributed by atoms with van der Waals surface area (Å²) in [7, 11) is 0. The van der Waals surface area contributed by atoms with Crippen molar-refractivity contribution in [2.75, 3.05) is 0 Å². The molecule has 0 bridgehead atoms. The van der Waals surface area contributed by atoms with Gasteiger partial charge in [0.1, 0.15) is 12.4 Å². The van der Waals surface area contributed by atoms with Crippen LogP contribution in [0.25, 0.3) is 0 Å². The maximum Gasteiger partial charge on any atom is 0.271 e. The summed E-state index contributed by atoms with van der Waals surface area (Å²) in [5.41, 5.74) is 4.44. The average molecular weight is 454 g/mol. The predicted octanol–water partition coefficient (Wildman–Crippen LogP) is 4.70. The van der Waals surface area contributed by atoms with Crippen LogP contribution < -0.4 is 10.2 Å². The molecule has 0 saturated heterocycles. The van der Waals surface area contributed by atoms with E-state index >= 15 is 0 Å². The van der Waals surface area contributed by atoms with Gasteiger partial charge in [-0.05, 0) is 59.7 Å². The topological polar surface area (TPSA) is 93.8 Å². The van der Waals surface area contributed by atoms with Crippen LogP contribution in [-0.4, -0.2) is 17.0 Å². The molecule has 1 N–H and O–H groups in total. The molecule has 3 rings (SSSR count). The molecule has 146 valence electrons. The molecule has 0 aromatic heterocycles. The van der Waals surface area contributed by atoms with Gasteiger partial charge < -0.3 is 4.74 Å². The van der Waals surface area contributed by atoms with Crippen molar-refractivity contribution in [3.63, 3.8) is 0 Å². The lowest BCUT2D eigenvalue weighted by Crippen LogP contribution is -2.17. The van der Waals surface area contributed by atoms with E-state index in [1.54, 1.807) is 0 Å². The molecule has 0 radical (unpaired) electrons.